The third kappa shape index (κ3) is 6.98. The molecule has 0 amide bonds. The summed E-state index contributed by atoms with van der Waals surface area (Å²) in [6, 6.07) is 11.5. The van der Waals surface area contributed by atoms with Gasteiger partial charge in [0.05, 0.1) is 24.2 Å². The van der Waals surface area contributed by atoms with Gasteiger partial charge in [-0.05, 0) is 79.6 Å². The van der Waals surface area contributed by atoms with E-state index in [1.165, 1.54) is 12.1 Å². The molecule has 6 nitrogen and oxygen atoms in total. The minimum Gasteiger partial charge on any atom is -0.497 e. The molecule has 2 aromatic carbocycles. The Morgan fingerprint density at radius 1 is 1.32 bits per heavy atom. The molecule has 0 saturated carbocycles. The highest BCUT2D eigenvalue weighted by Crippen LogP contribution is 2.36. The normalized spacial score (nSPS) is 18.7. The van der Waals surface area contributed by atoms with Gasteiger partial charge in [0, 0.05) is 36.2 Å². The Morgan fingerprint density at radius 3 is 2.92 bits per heavy atom. The number of carbonyl (C=O) groups is 1. The molecule has 8 heteroatoms. The van der Waals surface area contributed by atoms with E-state index in [-0.39, 0.29) is 30.1 Å². The maximum atomic E-state index is 13.4. The molecule has 3 atom stereocenters. The van der Waals surface area contributed by atoms with Crippen molar-refractivity contribution in [2.75, 3.05) is 26.7 Å². The number of pyridine rings is 1. The first-order valence-corrected chi connectivity index (χ1v) is 12.8. The Bertz CT molecular complexity index is 1320. The Balaban J connectivity index is 1.42. The minimum absolute atomic E-state index is 0.000769. The standard InChI is InChI=1S/C29H31ClFN3O3/c1-37-23-8-10-27-24(16-23)29(25(30)17-33-27)26(32)9-7-20-11-13-34(18-21(20)15-28(35)36)12-3-5-19-4-2-6-22(31)14-19/h2,4,6,8,10,14,16-17,20-21,26H,7,9,11-13,15,18,32H2,1H3,(H,35,36). The van der Waals surface area contributed by atoms with Gasteiger partial charge in [-0.2, -0.15) is 0 Å². The van der Waals surface area contributed by atoms with E-state index in [1.54, 1.807) is 25.4 Å². The zero-order chi connectivity index (χ0) is 26.4. The molecule has 37 heavy (non-hydrogen) atoms. The van der Waals surface area contributed by atoms with Gasteiger partial charge in [0.25, 0.3) is 0 Å². The Labute approximate surface area is 221 Å². The van der Waals surface area contributed by atoms with Gasteiger partial charge < -0.3 is 15.6 Å². The second kappa shape index (κ2) is 12.4. The van der Waals surface area contributed by atoms with Crippen LogP contribution in [-0.4, -0.2) is 47.7 Å². The molecule has 3 unspecified atom stereocenters. The van der Waals surface area contributed by atoms with Crippen LogP contribution < -0.4 is 10.5 Å². The molecule has 0 spiro atoms. The number of ether oxygens (including phenoxy) is 1. The van der Waals surface area contributed by atoms with Gasteiger partial charge in [-0.15, -0.1) is 0 Å². The molecule has 0 radical (unpaired) electrons. The Hall–Kier alpha value is -3.18. The smallest absolute Gasteiger partial charge is 0.303 e. The zero-order valence-corrected chi connectivity index (χ0v) is 21.5. The van der Waals surface area contributed by atoms with Crippen LogP contribution in [0.2, 0.25) is 5.02 Å². The van der Waals surface area contributed by atoms with Crippen molar-refractivity contribution in [1.29, 1.82) is 0 Å². The van der Waals surface area contributed by atoms with Crippen LogP contribution in [0.5, 0.6) is 5.75 Å². The van der Waals surface area contributed by atoms with Crippen LogP contribution in [0.25, 0.3) is 10.9 Å². The number of nitrogens with zero attached hydrogens (tertiary/aromatic N) is 2. The van der Waals surface area contributed by atoms with Gasteiger partial charge in [-0.25, -0.2) is 4.39 Å². The van der Waals surface area contributed by atoms with Crippen molar-refractivity contribution in [3.63, 3.8) is 0 Å². The number of rotatable bonds is 8. The molecule has 4 rings (SSSR count). The van der Waals surface area contributed by atoms with E-state index in [0.29, 0.717) is 35.8 Å². The van der Waals surface area contributed by atoms with Crippen LogP contribution in [0.15, 0.2) is 48.7 Å². The molecule has 194 valence electrons. The SMILES string of the molecule is COc1ccc2ncc(Cl)c(C(N)CCC3CCN(CC#Cc4cccc(F)c4)CC3CC(=O)O)c2c1. The number of nitrogens with two attached hydrogens (primary N) is 1. The van der Waals surface area contributed by atoms with Crippen LogP contribution in [0.3, 0.4) is 0 Å². The minimum atomic E-state index is -0.803. The number of likely N-dealkylation sites (tertiary alicyclic amines) is 1. The first-order valence-electron chi connectivity index (χ1n) is 12.4. The maximum Gasteiger partial charge on any atom is 0.303 e. The molecule has 0 bridgehead atoms. The Kier molecular flexibility index (Phi) is 8.99. The van der Waals surface area contributed by atoms with Gasteiger partial charge in [-0.3, -0.25) is 14.7 Å². The second-order valence-corrected chi connectivity index (χ2v) is 9.95. The number of hydrogen-bond donors (Lipinski definition) is 2. The number of piperidine rings is 1. The maximum absolute atomic E-state index is 13.4. The molecule has 1 aliphatic heterocycles. The van der Waals surface area contributed by atoms with Crippen molar-refractivity contribution in [2.45, 2.75) is 31.7 Å². The number of aromatic nitrogens is 1. The quantitative estimate of drug-likeness (QED) is 0.390. The number of carboxylic acid groups (broad SMARTS) is 1. The summed E-state index contributed by atoms with van der Waals surface area (Å²) in [5, 5.41) is 10.9. The van der Waals surface area contributed by atoms with Gasteiger partial charge in [0.1, 0.15) is 11.6 Å². The van der Waals surface area contributed by atoms with Crippen molar-refractivity contribution < 1.29 is 19.0 Å². The first-order chi connectivity index (χ1) is 17.8. The highest BCUT2D eigenvalue weighted by Gasteiger charge is 2.31. The topological polar surface area (TPSA) is 88.7 Å². The molecule has 3 aromatic rings. The first kappa shape index (κ1) is 26.9. The Morgan fingerprint density at radius 2 is 2.16 bits per heavy atom. The largest absolute Gasteiger partial charge is 0.497 e. The summed E-state index contributed by atoms with van der Waals surface area (Å²) in [5.74, 6) is 5.92. The summed E-state index contributed by atoms with van der Waals surface area (Å²) in [6.45, 7) is 1.99. The average molecular weight is 524 g/mol. The second-order valence-electron chi connectivity index (χ2n) is 9.54. The number of methoxy groups -OCH3 is 1. The van der Waals surface area contributed by atoms with E-state index in [9.17, 15) is 14.3 Å². The molecule has 0 aliphatic carbocycles. The van der Waals surface area contributed by atoms with Crippen LogP contribution in [-0.2, 0) is 4.79 Å². The van der Waals surface area contributed by atoms with Crippen LogP contribution in [0.1, 0.15) is 42.9 Å². The molecule has 3 N–H and O–H groups in total. The van der Waals surface area contributed by atoms with E-state index >= 15 is 0 Å². The third-order valence-corrected chi connectivity index (χ3v) is 7.36. The van der Waals surface area contributed by atoms with E-state index in [0.717, 1.165) is 35.9 Å². The van der Waals surface area contributed by atoms with Crippen molar-refractivity contribution in [3.8, 4) is 17.6 Å². The van der Waals surface area contributed by atoms with Gasteiger partial charge in [0.2, 0.25) is 0 Å². The summed E-state index contributed by atoms with van der Waals surface area (Å²) in [7, 11) is 1.61. The molecule has 1 fully saturated rings. The predicted molar refractivity (Wildman–Crippen MR) is 143 cm³/mol. The fourth-order valence-corrected chi connectivity index (χ4v) is 5.46. The lowest BCUT2D eigenvalue weighted by atomic mass is 9.79. The summed E-state index contributed by atoms with van der Waals surface area (Å²) < 4.78 is 18.8. The van der Waals surface area contributed by atoms with E-state index in [1.807, 2.05) is 18.2 Å². The molecule has 1 aliphatic rings. The van der Waals surface area contributed by atoms with Gasteiger partial charge >= 0.3 is 5.97 Å². The van der Waals surface area contributed by atoms with Gasteiger partial charge in [-0.1, -0.05) is 29.5 Å². The van der Waals surface area contributed by atoms with Crippen LogP contribution in [0, 0.1) is 29.5 Å². The number of benzene rings is 2. The summed E-state index contributed by atoms with van der Waals surface area (Å²) in [5.41, 5.74) is 8.92. The monoisotopic (exact) mass is 523 g/mol. The van der Waals surface area contributed by atoms with Crippen molar-refractivity contribution in [1.82, 2.24) is 9.88 Å². The summed E-state index contributed by atoms with van der Waals surface area (Å²) >= 11 is 6.53. The number of carboxylic acids is 1. The fraction of sp³-hybridized carbons (Fsp3) is 0.379. The highest BCUT2D eigenvalue weighted by atomic mass is 35.5. The number of halogens is 2. The van der Waals surface area contributed by atoms with Crippen molar-refractivity contribution in [3.05, 3.63) is 70.6 Å². The zero-order valence-electron chi connectivity index (χ0n) is 20.8. The lowest BCUT2D eigenvalue weighted by Gasteiger charge is -2.37. The van der Waals surface area contributed by atoms with E-state index in [4.69, 9.17) is 22.1 Å². The third-order valence-electron chi connectivity index (χ3n) is 7.06. The molecule has 2 heterocycles. The molecule has 1 saturated heterocycles. The van der Waals surface area contributed by atoms with Crippen molar-refractivity contribution >= 4 is 28.5 Å². The number of hydrogen-bond acceptors (Lipinski definition) is 5. The van der Waals surface area contributed by atoms with E-state index < -0.39 is 5.97 Å². The van der Waals surface area contributed by atoms with E-state index in [2.05, 4.69) is 21.7 Å². The predicted octanol–water partition coefficient (Wildman–Crippen LogP) is 5.28. The summed E-state index contributed by atoms with van der Waals surface area (Å²) in [6.07, 6.45) is 4.07. The van der Waals surface area contributed by atoms with Crippen LogP contribution >= 0.6 is 11.6 Å². The lowest BCUT2D eigenvalue weighted by molar-refractivity contribution is -0.139. The summed E-state index contributed by atoms with van der Waals surface area (Å²) in [4.78, 5) is 18.2. The molecule has 1 aromatic heterocycles. The van der Waals surface area contributed by atoms with Crippen LogP contribution in [0.4, 0.5) is 4.39 Å². The number of fused-ring (bicyclic) bond motifs is 1. The number of aliphatic carboxylic acids is 1. The van der Waals surface area contributed by atoms with Crippen molar-refractivity contribution in [2.24, 2.45) is 17.6 Å². The molecular weight excluding hydrogens is 493 g/mol. The molecular formula is C29H31ClFN3O3. The highest BCUT2D eigenvalue weighted by molar-refractivity contribution is 6.32. The average Bonchev–Trinajstić information content (AvgIpc) is 2.87. The fourth-order valence-electron chi connectivity index (χ4n) is 5.16. The lowest BCUT2D eigenvalue weighted by Crippen LogP contribution is -2.41. The van der Waals surface area contributed by atoms with Gasteiger partial charge in [0.15, 0.2) is 0 Å².